The number of methoxy groups -OCH3 is 1. The molecule has 28 heavy (non-hydrogen) atoms. The van der Waals surface area contributed by atoms with Crippen LogP contribution in [0.4, 0.5) is 5.69 Å². The lowest BCUT2D eigenvalue weighted by molar-refractivity contribution is -0.121. The average molecular weight is 399 g/mol. The topological polar surface area (TPSA) is 88.1 Å². The number of carbonyl (C=O) groups is 1. The van der Waals surface area contributed by atoms with Crippen molar-refractivity contribution < 1.29 is 17.9 Å². The number of nitrogens with one attached hydrogen (secondary N) is 1. The average Bonchev–Trinajstić information content (AvgIpc) is 3.00. The highest BCUT2D eigenvalue weighted by Crippen LogP contribution is 2.30. The third-order valence-corrected chi connectivity index (χ3v) is 6.39. The number of rotatable bonds is 3. The Morgan fingerprint density at radius 2 is 1.93 bits per heavy atom. The smallest absolute Gasteiger partial charge is 0.285 e. The Morgan fingerprint density at radius 3 is 2.68 bits per heavy atom. The molecule has 8 heteroatoms. The second-order valence-corrected chi connectivity index (χ2v) is 8.46. The summed E-state index contributed by atoms with van der Waals surface area (Å²) in [6.45, 7) is 1.11. The molecule has 0 aliphatic carbocycles. The molecule has 2 aromatic rings. The molecule has 2 aliphatic rings. The van der Waals surface area contributed by atoms with Gasteiger partial charge in [-0.05, 0) is 49.2 Å². The van der Waals surface area contributed by atoms with Crippen molar-refractivity contribution >= 4 is 27.5 Å². The van der Waals surface area contributed by atoms with E-state index in [1.54, 1.807) is 55.6 Å². The number of piperidine rings is 1. The highest BCUT2D eigenvalue weighted by molar-refractivity contribution is 7.90. The predicted molar refractivity (Wildman–Crippen MR) is 106 cm³/mol. The van der Waals surface area contributed by atoms with Crippen LogP contribution in [0.3, 0.4) is 0 Å². The molecule has 1 fully saturated rings. The summed E-state index contributed by atoms with van der Waals surface area (Å²) < 4.78 is 33.7. The third-order valence-electron chi connectivity index (χ3n) is 5.06. The number of sulfonamides is 1. The molecule has 0 spiro atoms. The van der Waals surface area contributed by atoms with E-state index in [-0.39, 0.29) is 16.7 Å². The number of anilines is 1. The fourth-order valence-electron chi connectivity index (χ4n) is 3.62. The second kappa shape index (κ2) is 7.27. The molecule has 1 saturated heterocycles. The summed E-state index contributed by atoms with van der Waals surface area (Å²) in [5.41, 5.74) is 1.31. The number of benzene rings is 2. The Labute approximate surface area is 164 Å². The van der Waals surface area contributed by atoms with Crippen molar-refractivity contribution in [2.45, 2.75) is 17.7 Å². The van der Waals surface area contributed by atoms with Gasteiger partial charge in [-0.2, -0.15) is 8.42 Å². The SMILES string of the molecule is COc1ccc(NC(=O)[C@@H]2CCCN(C3=NS(=O)(=O)c4ccccc43)C2)cc1. The monoisotopic (exact) mass is 399 g/mol. The fourth-order valence-corrected chi connectivity index (χ4v) is 4.85. The van der Waals surface area contributed by atoms with Crippen molar-refractivity contribution in [3.05, 3.63) is 54.1 Å². The summed E-state index contributed by atoms with van der Waals surface area (Å²) >= 11 is 0. The number of amides is 1. The maximum atomic E-state index is 12.7. The van der Waals surface area contributed by atoms with E-state index in [9.17, 15) is 13.2 Å². The van der Waals surface area contributed by atoms with Gasteiger partial charge < -0.3 is 15.0 Å². The van der Waals surface area contributed by atoms with E-state index >= 15 is 0 Å². The Balaban J connectivity index is 1.49. The predicted octanol–water partition coefficient (Wildman–Crippen LogP) is 2.49. The minimum absolute atomic E-state index is 0.0791. The van der Waals surface area contributed by atoms with E-state index in [2.05, 4.69) is 9.71 Å². The van der Waals surface area contributed by atoms with E-state index in [1.165, 1.54) is 0 Å². The molecule has 2 aliphatic heterocycles. The van der Waals surface area contributed by atoms with Crippen molar-refractivity contribution in [3.8, 4) is 5.75 Å². The molecule has 7 nitrogen and oxygen atoms in total. The minimum Gasteiger partial charge on any atom is -0.497 e. The molecule has 0 saturated carbocycles. The van der Waals surface area contributed by atoms with Gasteiger partial charge in [0.05, 0.1) is 13.0 Å². The standard InChI is InChI=1S/C20H21N3O4S/c1-27-16-10-8-15(9-11-16)21-20(24)14-5-4-12-23(13-14)19-17-6-2-3-7-18(17)28(25,26)22-19/h2-3,6-11,14H,4-5,12-13H2,1H3,(H,21,24)/t14-/m1/s1. The molecule has 146 valence electrons. The lowest BCUT2D eigenvalue weighted by Gasteiger charge is -2.33. The number of carbonyl (C=O) groups excluding carboxylic acids is 1. The lowest BCUT2D eigenvalue weighted by Crippen LogP contribution is -2.43. The number of amidine groups is 1. The highest BCUT2D eigenvalue weighted by Gasteiger charge is 2.35. The molecule has 1 amide bonds. The quantitative estimate of drug-likeness (QED) is 0.857. The Hall–Kier alpha value is -2.87. The van der Waals surface area contributed by atoms with E-state index in [0.29, 0.717) is 30.2 Å². The van der Waals surface area contributed by atoms with Gasteiger partial charge in [-0.25, -0.2) is 0 Å². The number of hydrogen-bond donors (Lipinski definition) is 1. The minimum atomic E-state index is -3.66. The molecule has 0 aromatic heterocycles. The first-order chi connectivity index (χ1) is 13.5. The summed E-state index contributed by atoms with van der Waals surface area (Å²) in [7, 11) is -2.07. The Bertz CT molecular complexity index is 1030. The molecule has 1 atom stereocenters. The maximum Gasteiger partial charge on any atom is 0.285 e. The van der Waals surface area contributed by atoms with Crippen LogP contribution >= 0.6 is 0 Å². The van der Waals surface area contributed by atoms with Crippen LogP contribution in [0.15, 0.2) is 57.8 Å². The van der Waals surface area contributed by atoms with E-state index < -0.39 is 10.0 Å². The number of likely N-dealkylation sites (tertiary alicyclic amines) is 1. The third kappa shape index (κ3) is 3.47. The van der Waals surface area contributed by atoms with Crippen molar-refractivity contribution in [1.82, 2.24) is 4.90 Å². The summed E-state index contributed by atoms with van der Waals surface area (Å²) in [6.07, 6.45) is 1.54. The van der Waals surface area contributed by atoms with Crippen LogP contribution in [0.5, 0.6) is 5.75 Å². The molecule has 0 bridgehead atoms. The van der Waals surface area contributed by atoms with Gasteiger partial charge in [-0.15, -0.1) is 4.40 Å². The number of ether oxygens (including phenoxy) is 1. The van der Waals surface area contributed by atoms with E-state index in [0.717, 1.165) is 18.6 Å². The summed E-state index contributed by atoms with van der Waals surface area (Å²) in [6, 6.07) is 14.0. The first-order valence-electron chi connectivity index (χ1n) is 9.12. The van der Waals surface area contributed by atoms with Gasteiger partial charge in [0.1, 0.15) is 10.6 Å². The van der Waals surface area contributed by atoms with Crippen molar-refractivity contribution in [2.75, 3.05) is 25.5 Å². The molecular formula is C20H21N3O4S. The van der Waals surface area contributed by atoms with Gasteiger partial charge in [0.2, 0.25) is 5.91 Å². The number of hydrogen-bond acceptors (Lipinski definition) is 5. The normalized spacial score (nSPS) is 20.2. The van der Waals surface area contributed by atoms with Crippen LogP contribution in [0, 0.1) is 5.92 Å². The Kier molecular flexibility index (Phi) is 4.80. The van der Waals surface area contributed by atoms with Gasteiger partial charge in [-0.1, -0.05) is 12.1 Å². The van der Waals surface area contributed by atoms with Crippen molar-refractivity contribution in [1.29, 1.82) is 0 Å². The maximum absolute atomic E-state index is 12.7. The van der Waals surface area contributed by atoms with Crippen LogP contribution in [-0.2, 0) is 14.8 Å². The van der Waals surface area contributed by atoms with Crippen molar-refractivity contribution in [3.63, 3.8) is 0 Å². The van der Waals surface area contributed by atoms with Crippen LogP contribution in [0.2, 0.25) is 0 Å². The molecule has 0 radical (unpaired) electrons. The van der Waals surface area contributed by atoms with Crippen molar-refractivity contribution in [2.24, 2.45) is 10.3 Å². The van der Waals surface area contributed by atoms with E-state index in [4.69, 9.17) is 4.74 Å². The fraction of sp³-hybridized carbons (Fsp3) is 0.300. The molecule has 0 unspecified atom stereocenters. The molecule has 2 heterocycles. The first-order valence-corrected chi connectivity index (χ1v) is 10.6. The molecule has 1 N–H and O–H groups in total. The highest BCUT2D eigenvalue weighted by atomic mass is 32.2. The first kappa shape index (κ1) is 18.5. The summed E-state index contributed by atoms with van der Waals surface area (Å²) in [4.78, 5) is 14.9. The summed E-state index contributed by atoms with van der Waals surface area (Å²) in [5, 5.41) is 2.93. The number of fused-ring (bicyclic) bond motifs is 1. The largest absolute Gasteiger partial charge is 0.497 e. The van der Waals surface area contributed by atoms with Crippen LogP contribution in [0.25, 0.3) is 0 Å². The second-order valence-electron chi connectivity index (χ2n) is 6.89. The zero-order valence-corrected chi connectivity index (χ0v) is 16.3. The Morgan fingerprint density at radius 1 is 1.18 bits per heavy atom. The van der Waals surface area contributed by atoms with Crippen LogP contribution in [0.1, 0.15) is 18.4 Å². The summed E-state index contributed by atoms with van der Waals surface area (Å²) in [5.74, 6) is 0.845. The molecule has 4 rings (SSSR count). The zero-order chi connectivity index (χ0) is 19.7. The number of nitrogens with zero attached hydrogens (tertiary/aromatic N) is 2. The zero-order valence-electron chi connectivity index (χ0n) is 15.5. The van der Waals surface area contributed by atoms with Crippen LogP contribution in [-0.4, -0.2) is 45.3 Å². The van der Waals surface area contributed by atoms with Gasteiger partial charge in [-0.3, -0.25) is 4.79 Å². The van der Waals surface area contributed by atoms with E-state index in [1.807, 2.05) is 4.90 Å². The lowest BCUT2D eigenvalue weighted by atomic mass is 9.96. The van der Waals surface area contributed by atoms with Gasteiger partial charge >= 0.3 is 0 Å². The van der Waals surface area contributed by atoms with Gasteiger partial charge in [0.15, 0.2) is 5.84 Å². The molecule has 2 aromatic carbocycles. The van der Waals surface area contributed by atoms with Gasteiger partial charge in [0.25, 0.3) is 10.0 Å². The molecular weight excluding hydrogens is 378 g/mol. The van der Waals surface area contributed by atoms with Crippen LogP contribution < -0.4 is 10.1 Å². The van der Waals surface area contributed by atoms with Gasteiger partial charge in [0, 0.05) is 24.3 Å².